The molecule has 0 saturated heterocycles. The van der Waals surface area contributed by atoms with Crippen molar-refractivity contribution in [1.29, 1.82) is 0 Å². The Morgan fingerprint density at radius 3 is 2.02 bits per heavy atom. The van der Waals surface area contributed by atoms with Crippen molar-refractivity contribution in [2.24, 2.45) is 0 Å². The third kappa shape index (κ3) is 8.62. The van der Waals surface area contributed by atoms with Crippen molar-refractivity contribution in [2.45, 2.75) is 52.2 Å². The number of benzene rings is 3. The predicted molar refractivity (Wildman–Crippen MR) is 168 cm³/mol. The van der Waals surface area contributed by atoms with Crippen molar-refractivity contribution in [1.82, 2.24) is 9.97 Å². The number of rotatable bonds is 6. The van der Waals surface area contributed by atoms with Crippen molar-refractivity contribution in [3.05, 3.63) is 138 Å². The number of hydrogen-bond acceptors (Lipinski definition) is 2. The van der Waals surface area contributed by atoms with Crippen LogP contribution in [0.2, 0.25) is 19.6 Å². The summed E-state index contributed by atoms with van der Waals surface area (Å²) in [6.07, 6.45) is 3.89. The van der Waals surface area contributed by atoms with Gasteiger partial charge in [-0.05, 0) is 39.7 Å². The minimum Gasteiger partial charge on any atom is -0.305 e. The number of aromatic nitrogens is 2. The van der Waals surface area contributed by atoms with E-state index in [1.54, 1.807) is 6.07 Å². The quantitative estimate of drug-likeness (QED) is 0.129. The average Bonchev–Trinajstić information content (AvgIpc) is 2.98. The summed E-state index contributed by atoms with van der Waals surface area (Å²) in [5, 5.41) is 1.37. The Kier molecular flexibility index (Phi) is 11.5. The second-order valence-corrected chi connectivity index (χ2v) is 16.4. The Morgan fingerprint density at radius 1 is 0.732 bits per heavy atom. The van der Waals surface area contributed by atoms with E-state index in [9.17, 15) is 4.39 Å². The van der Waals surface area contributed by atoms with E-state index in [-0.39, 0.29) is 31.8 Å². The first-order valence-corrected chi connectivity index (χ1v) is 17.3. The van der Waals surface area contributed by atoms with E-state index in [1.165, 1.54) is 34.0 Å². The average molecular weight is 737 g/mol. The van der Waals surface area contributed by atoms with Crippen LogP contribution in [-0.4, -0.2) is 18.0 Å². The number of nitrogens with zero attached hydrogens (tertiary/aromatic N) is 2. The minimum absolute atomic E-state index is 0. The molecule has 0 aliphatic carbocycles. The van der Waals surface area contributed by atoms with Crippen molar-refractivity contribution < 1.29 is 24.5 Å². The maximum Gasteiger partial charge on any atom is 0.0799 e. The van der Waals surface area contributed by atoms with E-state index in [0.29, 0.717) is 5.92 Å². The first-order valence-electron chi connectivity index (χ1n) is 13.8. The Labute approximate surface area is 259 Å². The zero-order valence-corrected chi connectivity index (χ0v) is 28.0. The minimum atomic E-state index is -1.54. The smallest absolute Gasteiger partial charge is 0.0799 e. The van der Waals surface area contributed by atoms with Gasteiger partial charge in [0.05, 0.1) is 8.07 Å². The maximum atomic E-state index is 13.2. The van der Waals surface area contributed by atoms with Gasteiger partial charge in [-0.15, -0.1) is 65.7 Å². The van der Waals surface area contributed by atoms with Crippen LogP contribution in [0.1, 0.15) is 49.3 Å². The molecule has 41 heavy (non-hydrogen) atoms. The molecule has 0 aliphatic rings. The molecule has 0 spiro atoms. The second kappa shape index (κ2) is 14.6. The molecular formula is C36H37FIrN2Si-2. The summed E-state index contributed by atoms with van der Waals surface area (Å²) in [7, 11) is -1.54. The van der Waals surface area contributed by atoms with Crippen LogP contribution < -0.4 is 5.19 Å². The van der Waals surface area contributed by atoms with Gasteiger partial charge in [0.15, 0.2) is 0 Å². The third-order valence-electron chi connectivity index (χ3n) is 7.00. The van der Waals surface area contributed by atoms with Gasteiger partial charge in [-0.2, -0.15) is 0 Å². The molecule has 213 valence electrons. The SMILES string of the molecule is CC(C)c1ccnc(-c2[c-]cccc2)c1.CC(c1ccccc1)c1cc(-c2[c-]cc(F)cc2)ncc1[Si](C)(C)C.[Ir]. The van der Waals surface area contributed by atoms with E-state index in [4.69, 9.17) is 0 Å². The molecule has 0 N–H and O–H groups in total. The van der Waals surface area contributed by atoms with Crippen molar-refractivity contribution in [2.75, 3.05) is 0 Å². The first-order chi connectivity index (χ1) is 19.1. The standard InChI is InChI=1S/C22H23FNSi.C14H14N.Ir/c1-16(17-8-6-5-7-9-17)20-14-21(18-10-12-19(23)13-11-18)24-15-22(20)25(2,3)4;1-11(2)13-8-9-15-14(10-13)12-6-4-3-5-7-12;/h5-10,12-16H,1-4H3;3-6,8-11H,1-2H3;/q2*-1;. The van der Waals surface area contributed by atoms with E-state index in [1.807, 2.05) is 42.7 Å². The van der Waals surface area contributed by atoms with Gasteiger partial charge in [0.25, 0.3) is 0 Å². The van der Waals surface area contributed by atoms with Gasteiger partial charge >= 0.3 is 0 Å². The molecule has 5 rings (SSSR count). The van der Waals surface area contributed by atoms with Gasteiger partial charge in [0.2, 0.25) is 0 Å². The summed E-state index contributed by atoms with van der Waals surface area (Å²) < 4.78 is 13.2. The van der Waals surface area contributed by atoms with Crippen LogP contribution in [0.25, 0.3) is 22.5 Å². The molecule has 2 aromatic heterocycles. The normalized spacial score (nSPS) is 11.7. The van der Waals surface area contributed by atoms with Gasteiger partial charge in [0.1, 0.15) is 0 Å². The van der Waals surface area contributed by atoms with Crippen molar-refractivity contribution in [3.63, 3.8) is 0 Å². The van der Waals surface area contributed by atoms with Crippen LogP contribution in [-0.2, 0) is 20.1 Å². The second-order valence-electron chi connectivity index (χ2n) is 11.4. The van der Waals surface area contributed by atoms with Crippen LogP contribution in [0, 0.1) is 17.9 Å². The summed E-state index contributed by atoms with van der Waals surface area (Å²) in [5.74, 6) is 0.543. The first kappa shape index (κ1) is 32.3. The molecule has 2 heterocycles. The summed E-state index contributed by atoms with van der Waals surface area (Å²) in [4.78, 5) is 9.02. The fourth-order valence-electron chi connectivity index (χ4n) is 4.60. The Bertz CT molecular complexity index is 1520. The van der Waals surface area contributed by atoms with Crippen molar-refractivity contribution >= 4 is 13.3 Å². The number of hydrogen-bond donors (Lipinski definition) is 0. The third-order valence-corrected chi connectivity index (χ3v) is 9.03. The molecular weight excluding hydrogens is 700 g/mol. The number of halogens is 1. The van der Waals surface area contributed by atoms with Gasteiger partial charge in [-0.3, -0.25) is 4.39 Å². The van der Waals surface area contributed by atoms with Crippen molar-refractivity contribution in [3.8, 4) is 22.5 Å². The monoisotopic (exact) mass is 737 g/mol. The van der Waals surface area contributed by atoms with Gasteiger partial charge in [0, 0.05) is 44.2 Å². The molecule has 0 saturated carbocycles. The number of pyridine rings is 2. The fourth-order valence-corrected chi connectivity index (χ4v) is 6.20. The van der Waals surface area contributed by atoms with Crippen LogP contribution in [0.5, 0.6) is 0 Å². The summed E-state index contributed by atoms with van der Waals surface area (Å²) in [6, 6.07) is 35.6. The molecule has 1 unspecified atom stereocenters. The molecule has 5 aromatic rings. The molecule has 1 atom stereocenters. The van der Waals surface area contributed by atoms with Gasteiger partial charge < -0.3 is 9.97 Å². The Hall–Kier alpha value is -3.24. The summed E-state index contributed by atoms with van der Waals surface area (Å²) in [5.41, 5.74) is 7.65. The molecule has 2 nitrogen and oxygen atoms in total. The zero-order valence-electron chi connectivity index (χ0n) is 24.6. The molecule has 3 aromatic carbocycles. The van der Waals surface area contributed by atoms with Crippen LogP contribution in [0.4, 0.5) is 4.39 Å². The Balaban J connectivity index is 0.000000248. The van der Waals surface area contributed by atoms with Crippen LogP contribution in [0.15, 0.2) is 103 Å². The largest absolute Gasteiger partial charge is 0.305 e. The van der Waals surface area contributed by atoms with E-state index in [0.717, 1.165) is 22.5 Å². The van der Waals surface area contributed by atoms with E-state index < -0.39 is 8.07 Å². The topological polar surface area (TPSA) is 25.8 Å². The van der Waals surface area contributed by atoms with Crippen LogP contribution in [0.3, 0.4) is 0 Å². The van der Waals surface area contributed by atoms with Crippen LogP contribution >= 0.6 is 0 Å². The molecule has 5 heteroatoms. The molecule has 1 radical (unpaired) electrons. The molecule has 0 fully saturated rings. The summed E-state index contributed by atoms with van der Waals surface area (Å²) in [6.45, 7) is 13.6. The summed E-state index contributed by atoms with van der Waals surface area (Å²) >= 11 is 0. The molecule has 0 aliphatic heterocycles. The molecule has 0 bridgehead atoms. The Morgan fingerprint density at radius 2 is 1.41 bits per heavy atom. The zero-order chi connectivity index (χ0) is 28.7. The maximum absolute atomic E-state index is 13.2. The van der Waals surface area contributed by atoms with Gasteiger partial charge in [-0.25, -0.2) is 0 Å². The van der Waals surface area contributed by atoms with E-state index in [2.05, 4.69) is 105 Å². The predicted octanol–water partition coefficient (Wildman–Crippen LogP) is 9.05. The van der Waals surface area contributed by atoms with Gasteiger partial charge in [-0.1, -0.05) is 88.4 Å². The molecule has 0 amide bonds. The fraction of sp³-hybridized carbons (Fsp3) is 0.222. The van der Waals surface area contributed by atoms with E-state index >= 15 is 0 Å².